The smallest absolute Gasteiger partial charge is 0.337 e. The number of ether oxygens (including phenoxy) is 1. The number of benzene rings is 2. The maximum Gasteiger partial charge on any atom is 0.337 e. The Morgan fingerprint density at radius 3 is 2.52 bits per heavy atom. The molecule has 2 N–H and O–H groups in total. The van der Waals surface area contributed by atoms with Gasteiger partial charge in [-0.25, -0.2) is 4.79 Å². The quantitative estimate of drug-likeness (QED) is 0.837. The molecule has 2 rings (SSSR count). The number of amides is 1. The molecule has 23 heavy (non-hydrogen) atoms. The Hall–Kier alpha value is -2.24. The molecule has 0 unspecified atom stereocenters. The van der Waals surface area contributed by atoms with Gasteiger partial charge in [-0.05, 0) is 43.3 Å². The van der Waals surface area contributed by atoms with E-state index in [9.17, 15) is 9.59 Å². The number of aromatic carboxylic acids is 1. The summed E-state index contributed by atoms with van der Waals surface area (Å²) in [7, 11) is 0. The van der Waals surface area contributed by atoms with E-state index < -0.39 is 11.9 Å². The zero-order chi connectivity index (χ0) is 17.0. The molecule has 5 nitrogen and oxygen atoms in total. The average molecular weight is 354 g/mol. The Balaban J connectivity index is 2.26. The topological polar surface area (TPSA) is 75.6 Å². The van der Waals surface area contributed by atoms with Crippen molar-refractivity contribution in [2.75, 3.05) is 11.9 Å². The summed E-state index contributed by atoms with van der Waals surface area (Å²) in [4.78, 5) is 23.5. The van der Waals surface area contributed by atoms with E-state index in [2.05, 4.69) is 5.32 Å². The first kappa shape index (κ1) is 17.1. The lowest BCUT2D eigenvalue weighted by Crippen LogP contribution is -2.15. The van der Waals surface area contributed by atoms with Crippen LogP contribution in [0.1, 0.15) is 27.6 Å². The van der Waals surface area contributed by atoms with Gasteiger partial charge in [0.2, 0.25) is 0 Å². The Kier molecular flexibility index (Phi) is 5.47. The number of halogens is 2. The summed E-state index contributed by atoms with van der Waals surface area (Å²) in [6.45, 7) is 2.28. The average Bonchev–Trinajstić information content (AvgIpc) is 2.51. The van der Waals surface area contributed by atoms with E-state index in [4.69, 9.17) is 33.0 Å². The van der Waals surface area contributed by atoms with Crippen molar-refractivity contribution in [3.05, 3.63) is 57.6 Å². The summed E-state index contributed by atoms with van der Waals surface area (Å²) in [6.07, 6.45) is 0. The summed E-state index contributed by atoms with van der Waals surface area (Å²) in [5.74, 6) is -1.20. The second-order valence-electron chi connectivity index (χ2n) is 4.53. The minimum Gasteiger partial charge on any atom is -0.492 e. The largest absolute Gasteiger partial charge is 0.492 e. The molecule has 0 aliphatic carbocycles. The molecular weight excluding hydrogens is 341 g/mol. The number of carbonyl (C=O) groups is 2. The third-order valence-corrected chi connectivity index (χ3v) is 3.48. The van der Waals surface area contributed by atoms with Crippen molar-refractivity contribution in [3.63, 3.8) is 0 Å². The highest BCUT2D eigenvalue weighted by Gasteiger charge is 2.15. The standard InChI is InChI=1S/C16H13Cl2NO4/c1-2-23-14-6-3-9(7-12(14)18)15(20)19-13-5-4-10(17)8-11(13)16(21)22/h3-8H,2H2,1H3,(H,19,20)(H,21,22). The van der Waals surface area contributed by atoms with Crippen molar-refractivity contribution in [3.8, 4) is 5.75 Å². The molecule has 0 saturated heterocycles. The molecular formula is C16H13Cl2NO4. The molecule has 0 fully saturated rings. The van der Waals surface area contributed by atoms with Gasteiger partial charge in [0, 0.05) is 10.6 Å². The van der Waals surface area contributed by atoms with Gasteiger partial charge in [-0.1, -0.05) is 23.2 Å². The van der Waals surface area contributed by atoms with Gasteiger partial charge in [-0.3, -0.25) is 4.79 Å². The summed E-state index contributed by atoms with van der Waals surface area (Å²) in [5.41, 5.74) is 0.338. The van der Waals surface area contributed by atoms with Gasteiger partial charge in [-0.15, -0.1) is 0 Å². The highest BCUT2D eigenvalue weighted by molar-refractivity contribution is 6.32. The van der Waals surface area contributed by atoms with Crippen LogP contribution in [0.3, 0.4) is 0 Å². The molecule has 0 saturated carbocycles. The van der Waals surface area contributed by atoms with Crippen molar-refractivity contribution in [2.45, 2.75) is 6.92 Å². The van der Waals surface area contributed by atoms with Crippen LogP contribution in [-0.4, -0.2) is 23.6 Å². The molecule has 0 aromatic heterocycles. The van der Waals surface area contributed by atoms with E-state index in [-0.39, 0.29) is 21.8 Å². The van der Waals surface area contributed by atoms with Crippen molar-refractivity contribution < 1.29 is 19.4 Å². The number of anilines is 1. The Morgan fingerprint density at radius 1 is 1.17 bits per heavy atom. The highest BCUT2D eigenvalue weighted by Crippen LogP contribution is 2.26. The van der Waals surface area contributed by atoms with Gasteiger partial charge in [0.25, 0.3) is 5.91 Å². The van der Waals surface area contributed by atoms with E-state index in [0.717, 1.165) is 0 Å². The monoisotopic (exact) mass is 353 g/mol. The fraction of sp³-hybridized carbons (Fsp3) is 0.125. The van der Waals surface area contributed by atoms with E-state index >= 15 is 0 Å². The van der Waals surface area contributed by atoms with Crippen LogP contribution in [0.15, 0.2) is 36.4 Å². The first-order chi connectivity index (χ1) is 10.9. The normalized spacial score (nSPS) is 10.2. The second kappa shape index (κ2) is 7.35. The number of hydrogen-bond donors (Lipinski definition) is 2. The second-order valence-corrected chi connectivity index (χ2v) is 5.37. The van der Waals surface area contributed by atoms with Gasteiger partial charge in [0.1, 0.15) is 5.75 Å². The lowest BCUT2D eigenvalue weighted by atomic mass is 10.1. The molecule has 120 valence electrons. The molecule has 2 aromatic rings. The van der Waals surface area contributed by atoms with Gasteiger partial charge in [-0.2, -0.15) is 0 Å². The van der Waals surface area contributed by atoms with Crippen LogP contribution < -0.4 is 10.1 Å². The number of hydrogen-bond acceptors (Lipinski definition) is 3. The van der Waals surface area contributed by atoms with Crippen LogP contribution in [-0.2, 0) is 0 Å². The van der Waals surface area contributed by atoms with E-state index in [0.29, 0.717) is 17.4 Å². The van der Waals surface area contributed by atoms with Crippen molar-refractivity contribution in [1.29, 1.82) is 0 Å². The molecule has 0 radical (unpaired) electrons. The Bertz CT molecular complexity index is 762. The minimum atomic E-state index is -1.19. The van der Waals surface area contributed by atoms with Gasteiger partial charge < -0.3 is 15.2 Å². The van der Waals surface area contributed by atoms with Crippen LogP contribution in [0, 0.1) is 0 Å². The molecule has 0 atom stereocenters. The van der Waals surface area contributed by atoms with Crippen molar-refractivity contribution in [2.24, 2.45) is 0 Å². The lowest BCUT2D eigenvalue weighted by molar-refractivity contribution is 0.0698. The third-order valence-electron chi connectivity index (χ3n) is 2.95. The molecule has 0 spiro atoms. The summed E-state index contributed by atoms with van der Waals surface area (Å²) in [6, 6.07) is 8.78. The SMILES string of the molecule is CCOc1ccc(C(=O)Nc2ccc(Cl)cc2C(=O)O)cc1Cl. The molecule has 2 aromatic carbocycles. The zero-order valence-electron chi connectivity index (χ0n) is 12.1. The number of carboxylic acid groups (broad SMARTS) is 1. The van der Waals surface area contributed by atoms with Crippen LogP contribution in [0.5, 0.6) is 5.75 Å². The number of nitrogens with one attached hydrogen (secondary N) is 1. The number of carboxylic acids is 1. The van der Waals surface area contributed by atoms with Gasteiger partial charge >= 0.3 is 5.97 Å². The van der Waals surface area contributed by atoms with Crippen molar-refractivity contribution in [1.82, 2.24) is 0 Å². The maximum atomic E-state index is 12.3. The van der Waals surface area contributed by atoms with Crippen LogP contribution in [0.25, 0.3) is 0 Å². The summed E-state index contributed by atoms with van der Waals surface area (Å²) in [5, 5.41) is 12.3. The fourth-order valence-corrected chi connectivity index (χ4v) is 2.32. The van der Waals surface area contributed by atoms with Crippen molar-refractivity contribution >= 4 is 40.8 Å². The lowest BCUT2D eigenvalue weighted by Gasteiger charge is -2.10. The molecule has 7 heteroatoms. The first-order valence-corrected chi connectivity index (χ1v) is 7.44. The molecule has 0 heterocycles. The van der Waals surface area contributed by atoms with Crippen LogP contribution in [0.4, 0.5) is 5.69 Å². The fourth-order valence-electron chi connectivity index (χ4n) is 1.91. The van der Waals surface area contributed by atoms with E-state index in [1.807, 2.05) is 6.92 Å². The zero-order valence-corrected chi connectivity index (χ0v) is 13.6. The summed E-state index contributed by atoms with van der Waals surface area (Å²) < 4.78 is 5.30. The Labute approximate surface area is 142 Å². The maximum absolute atomic E-state index is 12.3. The predicted molar refractivity (Wildman–Crippen MR) is 89.0 cm³/mol. The summed E-state index contributed by atoms with van der Waals surface area (Å²) >= 11 is 11.8. The van der Waals surface area contributed by atoms with E-state index in [1.54, 1.807) is 12.1 Å². The Morgan fingerprint density at radius 2 is 1.91 bits per heavy atom. The highest BCUT2D eigenvalue weighted by atomic mass is 35.5. The van der Waals surface area contributed by atoms with Crippen LogP contribution >= 0.6 is 23.2 Å². The van der Waals surface area contributed by atoms with Crippen LogP contribution in [0.2, 0.25) is 10.0 Å². The molecule has 0 bridgehead atoms. The molecule has 0 aliphatic rings. The third kappa shape index (κ3) is 4.15. The predicted octanol–water partition coefficient (Wildman–Crippen LogP) is 4.34. The minimum absolute atomic E-state index is 0.0946. The van der Waals surface area contributed by atoms with Gasteiger partial charge in [0.15, 0.2) is 0 Å². The molecule has 1 amide bonds. The number of carbonyl (C=O) groups excluding carboxylic acids is 1. The van der Waals surface area contributed by atoms with E-state index in [1.165, 1.54) is 24.3 Å². The number of rotatable bonds is 5. The first-order valence-electron chi connectivity index (χ1n) is 6.69. The van der Waals surface area contributed by atoms with Gasteiger partial charge in [0.05, 0.1) is 22.9 Å². The molecule has 0 aliphatic heterocycles.